The van der Waals surface area contributed by atoms with Gasteiger partial charge in [0, 0.05) is 31.8 Å². The van der Waals surface area contributed by atoms with Crippen molar-refractivity contribution in [2.45, 2.75) is 13.0 Å². The Bertz CT molecular complexity index is 787. The number of aliphatic imine (C=N–C) groups is 1. The van der Waals surface area contributed by atoms with Gasteiger partial charge in [0.25, 0.3) is 0 Å². The Labute approximate surface area is 182 Å². The summed E-state index contributed by atoms with van der Waals surface area (Å²) in [6, 6.07) is 10.4. The topological polar surface area (TPSA) is 64.1 Å². The number of nitrogens with one attached hydrogen (secondary N) is 2. The molecule has 2 aromatic rings. The van der Waals surface area contributed by atoms with Crippen LogP contribution in [-0.4, -0.2) is 40.9 Å². The van der Waals surface area contributed by atoms with Gasteiger partial charge in [-0.1, -0.05) is 18.2 Å². The van der Waals surface area contributed by atoms with Crippen molar-refractivity contribution in [3.05, 3.63) is 53.3 Å². The van der Waals surface area contributed by atoms with E-state index in [9.17, 15) is 4.39 Å². The van der Waals surface area contributed by atoms with Gasteiger partial charge < -0.3 is 24.8 Å². The van der Waals surface area contributed by atoms with E-state index in [1.165, 1.54) is 6.07 Å². The number of rotatable bonds is 8. The van der Waals surface area contributed by atoms with Gasteiger partial charge in [0.1, 0.15) is 11.6 Å². The predicted molar refractivity (Wildman–Crippen MR) is 120 cm³/mol. The molecule has 0 radical (unpaired) electrons. The summed E-state index contributed by atoms with van der Waals surface area (Å²) in [5.74, 6) is 2.32. The Balaban J connectivity index is 0.00000392. The molecule has 0 aromatic heterocycles. The number of guanidine groups is 1. The summed E-state index contributed by atoms with van der Waals surface area (Å²) in [6.45, 7) is 1.03. The number of nitrogens with zero attached hydrogens (tertiary/aromatic N) is 1. The van der Waals surface area contributed by atoms with Crippen molar-refractivity contribution in [3.63, 3.8) is 0 Å². The maximum absolute atomic E-state index is 13.7. The van der Waals surface area contributed by atoms with Crippen LogP contribution < -0.4 is 24.8 Å². The summed E-state index contributed by atoms with van der Waals surface area (Å²) < 4.78 is 29.7. The second kappa shape index (κ2) is 12.3. The fourth-order valence-electron chi connectivity index (χ4n) is 2.65. The molecule has 28 heavy (non-hydrogen) atoms. The van der Waals surface area contributed by atoms with E-state index in [2.05, 4.69) is 15.6 Å². The molecule has 2 N–H and O–H groups in total. The van der Waals surface area contributed by atoms with E-state index < -0.39 is 0 Å². The van der Waals surface area contributed by atoms with Gasteiger partial charge in [-0.05, 0) is 24.1 Å². The first-order valence-electron chi connectivity index (χ1n) is 8.59. The van der Waals surface area contributed by atoms with E-state index in [1.807, 2.05) is 12.1 Å². The van der Waals surface area contributed by atoms with Crippen LogP contribution in [0.5, 0.6) is 17.2 Å². The van der Waals surface area contributed by atoms with Gasteiger partial charge in [0.05, 0.1) is 21.3 Å². The average molecular weight is 503 g/mol. The van der Waals surface area contributed by atoms with Crippen LogP contribution >= 0.6 is 24.0 Å². The van der Waals surface area contributed by atoms with Crippen LogP contribution in [0.4, 0.5) is 4.39 Å². The first-order valence-corrected chi connectivity index (χ1v) is 8.59. The highest BCUT2D eigenvalue weighted by molar-refractivity contribution is 14.0. The van der Waals surface area contributed by atoms with E-state index in [0.29, 0.717) is 48.3 Å². The van der Waals surface area contributed by atoms with Crippen molar-refractivity contribution in [2.75, 3.05) is 34.9 Å². The molecule has 0 amide bonds. The molecule has 154 valence electrons. The van der Waals surface area contributed by atoms with Gasteiger partial charge in [-0.25, -0.2) is 4.39 Å². The summed E-state index contributed by atoms with van der Waals surface area (Å²) in [4.78, 5) is 4.19. The number of methoxy groups -OCH3 is 3. The third-order valence-corrected chi connectivity index (χ3v) is 4.10. The summed E-state index contributed by atoms with van der Waals surface area (Å²) >= 11 is 0. The zero-order valence-corrected chi connectivity index (χ0v) is 18.9. The van der Waals surface area contributed by atoms with Crippen LogP contribution in [-0.2, 0) is 13.0 Å². The van der Waals surface area contributed by atoms with Gasteiger partial charge >= 0.3 is 0 Å². The van der Waals surface area contributed by atoms with Crippen LogP contribution in [0.2, 0.25) is 0 Å². The largest absolute Gasteiger partial charge is 0.496 e. The lowest BCUT2D eigenvalue weighted by molar-refractivity contribution is 0.347. The monoisotopic (exact) mass is 503 g/mol. The summed E-state index contributed by atoms with van der Waals surface area (Å²) in [6.07, 6.45) is 0.563. The highest BCUT2D eigenvalue weighted by Crippen LogP contribution is 2.34. The van der Waals surface area contributed by atoms with Crippen LogP contribution in [0.25, 0.3) is 0 Å². The molecule has 0 fully saturated rings. The van der Waals surface area contributed by atoms with Crippen molar-refractivity contribution in [3.8, 4) is 17.2 Å². The second-order valence-electron chi connectivity index (χ2n) is 5.71. The van der Waals surface area contributed by atoms with Crippen molar-refractivity contribution in [1.82, 2.24) is 10.6 Å². The molecule has 0 spiro atoms. The fourth-order valence-corrected chi connectivity index (χ4v) is 2.65. The highest BCUT2D eigenvalue weighted by Gasteiger charge is 2.12. The number of benzene rings is 2. The van der Waals surface area contributed by atoms with Crippen LogP contribution in [0.1, 0.15) is 11.1 Å². The molecule has 2 aromatic carbocycles. The van der Waals surface area contributed by atoms with Crippen molar-refractivity contribution in [2.24, 2.45) is 4.99 Å². The van der Waals surface area contributed by atoms with E-state index in [0.717, 1.165) is 5.56 Å². The Hall–Kier alpha value is -2.23. The molecule has 0 aliphatic carbocycles. The van der Waals surface area contributed by atoms with Gasteiger partial charge in [0.2, 0.25) is 0 Å². The maximum atomic E-state index is 13.7. The summed E-state index contributed by atoms with van der Waals surface area (Å²) in [7, 11) is 6.46. The standard InChI is InChI=1S/C20H26FN3O3.HI/c1-22-20(23-10-9-14-7-5-6-8-16(14)21)24-13-15-11-18(26-3)19(27-4)12-17(15)25-2;/h5-8,11-12H,9-10,13H2,1-4H3,(H2,22,23,24);1H. The number of hydrogen-bond donors (Lipinski definition) is 2. The smallest absolute Gasteiger partial charge is 0.191 e. The van der Waals surface area contributed by atoms with E-state index in [-0.39, 0.29) is 29.8 Å². The van der Waals surface area contributed by atoms with E-state index >= 15 is 0 Å². The Morgan fingerprint density at radius 1 is 0.929 bits per heavy atom. The molecule has 8 heteroatoms. The van der Waals surface area contributed by atoms with Gasteiger partial charge in [-0.2, -0.15) is 0 Å². The SMILES string of the molecule is CN=C(NCCc1ccccc1F)NCc1cc(OC)c(OC)cc1OC.I. The highest BCUT2D eigenvalue weighted by atomic mass is 127. The maximum Gasteiger partial charge on any atom is 0.191 e. The minimum absolute atomic E-state index is 0. The number of ether oxygens (including phenoxy) is 3. The van der Waals surface area contributed by atoms with E-state index in [1.54, 1.807) is 46.6 Å². The molecule has 0 saturated carbocycles. The average Bonchev–Trinajstić information content (AvgIpc) is 2.71. The normalized spacial score (nSPS) is 10.7. The molecule has 0 atom stereocenters. The van der Waals surface area contributed by atoms with Crippen LogP contribution in [0, 0.1) is 5.82 Å². The number of halogens is 2. The van der Waals surface area contributed by atoms with Crippen molar-refractivity contribution < 1.29 is 18.6 Å². The lowest BCUT2D eigenvalue weighted by atomic mass is 10.1. The Morgan fingerprint density at radius 2 is 1.57 bits per heavy atom. The molecule has 0 aliphatic heterocycles. The molecule has 2 rings (SSSR count). The number of hydrogen-bond acceptors (Lipinski definition) is 4. The van der Waals surface area contributed by atoms with Crippen molar-refractivity contribution in [1.29, 1.82) is 0 Å². The van der Waals surface area contributed by atoms with Gasteiger partial charge in [0.15, 0.2) is 17.5 Å². The molecule has 6 nitrogen and oxygen atoms in total. The zero-order chi connectivity index (χ0) is 19.6. The van der Waals surface area contributed by atoms with Gasteiger partial charge in [-0.15, -0.1) is 24.0 Å². The third-order valence-electron chi connectivity index (χ3n) is 4.10. The molecule has 0 saturated heterocycles. The minimum atomic E-state index is -0.197. The van der Waals surface area contributed by atoms with Gasteiger partial charge in [-0.3, -0.25) is 4.99 Å². The molecule has 0 heterocycles. The third kappa shape index (κ3) is 6.43. The van der Waals surface area contributed by atoms with Crippen molar-refractivity contribution >= 4 is 29.9 Å². The summed E-state index contributed by atoms with van der Waals surface area (Å²) in [5.41, 5.74) is 1.56. The quantitative estimate of drug-likeness (QED) is 0.329. The van der Waals surface area contributed by atoms with Crippen LogP contribution in [0.15, 0.2) is 41.4 Å². The summed E-state index contributed by atoms with van der Waals surface area (Å²) in [5, 5.41) is 6.40. The molecular formula is C20H27FIN3O3. The van der Waals surface area contributed by atoms with Crippen LogP contribution in [0.3, 0.4) is 0 Å². The molecule has 0 aliphatic rings. The second-order valence-corrected chi connectivity index (χ2v) is 5.71. The Kier molecular flexibility index (Phi) is 10.4. The molecule has 0 unspecified atom stereocenters. The molecule has 0 bridgehead atoms. The van der Waals surface area contributed by atoms with E-state index in [4.69, 9.17) is 14.2 Å². The first kappa shape index (κ1) is 23.8. The molecular weight excluding hydrogens is 476 g/mol. The lowest BCUT2D eigenvalue weighted by Crippen LogP contribution is -2.38. The minimum Gasteiger partial charge on any atom is -0.496 e. The first-order chi connectivity index (χ1) is 13.1. The lowest BCUT2D eigenvalue weighted by Gasteiger charge is -2.16. The predicted octanol–water partition coefficient (Wildman–Crippen LogP) is 3.38. The zero-order valence-electron chi connectivity index (χ0n) is 16.5. The fraction of sp³-hybridized carbons (Fsp3) is 0.350. The Morgan fingerprint density at radius 3 is 2.18 bits per heavy atom.